The van der Waals surface area contributed by atoms with Crippen molar-refractivity contribution < 1.29 is 14.4 Å². The number of likely N-dealkylation sites (tertiary alicyclic amines) is 1. The summed E-state index contributed by atoms with van der Waals surface area (Å²) >= 11 is 6.12. The van der Waals surface area contributed by atoms with Gasteiger partial charge in [-0.15, -0.1) is 0 Å². The van der Waals surface area contributed by atoms with Crippen LogP contribution < -0.4 is 0 Å². The summed E-state index contributed by atoms with van der Waals surface area (Å²) in [5.41, 5.74) is 2.73. The molecule has 1 saturated heterocycles. The van der Waals surface area contributed by atoms with Crippen LogP contribution in [0.4, 0.5) is 0 Å². The van der Waals surface area contributed by atoms with E-state index in [-0.39, 0.29) is 29.3 Å². The van der Waals surface area contributed by atoms with Crippen LogP contribution in [0.15, 0.2) is 42.5 Å². The highest BCUT2D eigenvalue weighted by molar-refractivity contribution is 6.37. The first kappa shape index (κ1) is 17.7. The van der Waals surface area contributed by atoms with Crippen molar-refractivity contribution in [2.24, 2.45) is 0 Å². The van der Waals surface area contributed by atoms with E-state index in [2.05, 4.69) is 0 Å². The van der Waals surface area contributed by atoms with Gasteiger partial charge in [-0.3, -0.25) is 19.3 Å². The van der Waals surface area contributed by atoms with Crippen LogP contribution in [0.3, 0.4) is 0 Å². The molecule has 4 rings (SSSR count). The maximum Gasteiger partial charge on any atom is 0.263 e. The Hall–Kier alpha value is -2.66. The normalized spacial score (nSPS) is 19.0. The van der Waals surface area contributed by atoms with Gasteiger partial charge in [0, 0.05) is 13.1 Å². The largest absolute Gasteiger partial charge is 0.340 e. The van der Waals surface area contributed by atoms with Gasteiger partial charge in [-0.25, -0.2) is 0 Å². The monoisotopic (exact) mass is 382 g/mol. The summed E-state index contributed by atoms with van der Waals surface area (Å²) < 4.78 is 0. The van der Waals surface area contributed by atoms with Gasteiger partial charge in [-0.2, -0.15) is 0 Å². The van der Waals surface area contributed by atoms with Gasteiger partial charge < -0.3 is 4.90 Å². The van der Waals surface area contributed by atoms with Gasteiger partial charge in [0.05, 0.1) is 28.6 Å². The zero-order valence-electron chi connectivity index (χ0n) is 14.9. The molecule has 2 aliphatic rings. The Kier molecular flexibility index (Phi) is 4.48. The number of carbonyl (C=O) groups is 3. The molecule has 0 radical (unpaired) electrons. The average Bonchev–Trinajstić information content (AvgIpc) is 3.21. The van der Waals surface area contributed by atoms with E-state index in [0.29, 0.717) is 36.5 Å². The van der Waals surface area contributed by atoms with Gasteiger partial charge in [0.25, 0.3) is 11.8 Å². The fourth-order valence-electron chi connectivity index (χ4n) is 3.77. The Bertz CT molecular complexity index is 939. The number of halogens is 1. The molecule has 6 heteroatoms. The molecule has 3 amide bonds. The molecule has 0 bridgehead atoms. The lowest BCUT2D eigenvalue weighted by Crippen LogP contribution is -2.42. The molecule has 0 saturated carbocycles. The van der Waals surface area contributed by atoms with Crippen molar-refractivity contribution in [3.05, 3.63) is 69.7 Å². The molecule has 5 nitrogen and oxygen atoms in total. The van der Waals surface area contributed by atoms with Crippen LogP contribution in [0.1, 0.15) is 38.3 Å². The molecular weight excluding hydrogens is 364 g/mol. The van der Waals surface area contributed by atoms with Crippen LogP contribution in [0, 0.1) is 6.92 Å². The SMILES string of the molecule is Cc1ccc(CC(=O)N2CCC(N3C(=O)c4cccc(Cl)c4C3=O)C2)cc1. The first-order chi connectivity index (χ1) is 13.0. The van der Waals surface area contributed by atoms with E-state index < -0.39 is 0 Å². The molecule has 0 spiro atoms. The van der Waals surface area contributed by atoms with Gasteiger partial charge in [-0.1, -0.05) is 47.5 Å². The van der Waals surface area contributed by atoms with Crippen LogP contribution in [0.2, 0.25) is 5.02 Å². The highest BCUT2D eigenvalue weighted by Crippen LogP contribution is 2.32. The number of fused-ring (bicyclic) bond motifs is 1. The molecule has 138 valence electrons. The smallest absolute Gasteiger partial charge is 0.263 e. The minimum atomic E-state index is -0.363. The van der Waals surface area contributed by atoms with Crippen molar-refractivity contribution in [1.29, 1.82) is 0 Å². The third kappa shape index (κ3) is 3.12. The average molecular weight is 383 g/mol. The van der Waals surface area contributed by atoms with E-state index in [1.807, 2.05) is 31.2 Å². The van der Waals surface area contributed by atoms with E-state index >= 15 is 0 Å². The van der Waals surface area contributed by atoms with Crippen LogP contribution in [0.25, 0.3) is 0 Å². The summed E-state index contributed by atoms with van der Waals surface area (Å²) in [6, 6.07) is 12.5. The third-order valence-corrected chi connectivity index (χ3v) is 5.57. The van der Waals surface area contributed by atoms with Crippen molar-refractivity contribution in [1.82, 2.24) is 9.80 Å². The molecule has 2 aromatic carbocycles. The van der Waals surface area contributed by atoms with Crippen molar-refractivity contribution in [2.45, 2.75) is 25.8 Å². The third-order valence-electron chi connectivity index (χ3n) is 5.25. The molecule has 2 heterocycles. The minimum Gasteiger partial charge on any atom is -0.340 e. The maximum absolute atomic E-state index is 12.7. The number of rotatable bonds is 3. The maximum atomic E-state index is 12.7. The molecule has 1 fully saturated rings. The van der Waals surface area contributed by atoms with Crippen LogP contribution in [-0.2, 0) is 11.2 Å². The topological polar surface area (TPSA) is 57.7 Å². The number of hydrogen-bond donors (Lipinski definition) is 0. The van der Waals surface area contributed by atoms with Crippen LogP contribution >= 0.6 is 11.6 Å². The molecule has 0 N–H and O–H groups in total. The second kappa shape index (κ2) is 6.82. The summed E-state index contributed by atoms with van der Waals surface area (Å²) in [6.45, 7) is 2.91. The van der Waals surface area contributed by atoms with Crippen molar-refractivity contribution in [2.75, 3.05) is 13.1 Å². The molecule has 0 aromatic heterocycles. The first-order valence-electron chi connectivity index (χ1n) is 8.95. The van der Waals surface area contributed by atoms with Gasteiger partial charge >= 0.3 is 0 Å². The Morgan fingerprint density at radius 2 is 1.85 bits per heavy atom. The molecule has 2 aromatic rings. The Morgan fingerprint density at radius 3 is 2.56 bits per heavy atom. The molecule has 1 atom stereocenters. The lowest BCUT2D eigenvalue weighted by molar-refractivity contribution is -0.129. The van der Waals surface area contributed by atoms with Crippen molar-refractivity contribution >= 4 is 29.3 Å². The van der Waals surface area contributed by atoms with E-state index in [0.717, 1.165) is 11.1 Å². The predicted molar refractivity (Wildman–Crippen MR) is 102 cm³/mol. The van der Waals surface area contributed by atoms with E-state index in [1.165, 1.54) is 4.90 Å². The molecule has 2 aliphatic heterocycles. The van der Waals surface area contributed by atoms with Crippen molar-refractivity contribution in [3.8, 4) is 0 Å². The van der Waals surface area contributed by atoms with E-state index in [4.69, 9.17) is 11.6 Å². The lowest BCUT2D eigenvalue weighted by atomic mass is 10.1. The number of benzene rings is 2. The summed E-state index contributed by atoms with van der Waals surface area (Å²) in [4.78, 5) is 41.0. The number of carbonyl (C=O) groups excluding carboxylic acids is 3. The highest BCUT2D eigenvalue weighted by Gasteiger charge is 2.43. The standard InChI is InChI=1S/C21H19ClN2O3/c1-13-5-7-14(8-6-13)11-18(25)23-10-9-15(12-23)24-20(26)16-3-2-4-17(22)19(16)21(24)27/h2-8,15H,9-12H2,1H3. The summed E-state index contributed by atoms with van der Waals surface area (Å²) in [5.74, 6) is -0.676. The molecule has 1 unspecified atom stereocenters. The summed E-state index contributed by atoms with van der Waals surface area (Å²) in [6.07, 6.45) is 0.906. The van der Waals surface area contributed by atoms with Crippen molar-refractivity contribution in [3.63, 3.8) is 0 Å². The quantitative estimate of drug-likeness (QED) is 0.766. The number of aryl methyl sites for hydroxylation is 1. The summed E-state index contributed by atoms with van der Waals surface area (Å²) in [5, 5.41) is 0.290. The number of nitrogens with zero attached hydrogens (tertiary/aromatic N) is 2. The molecule has 0 aliphatic carbocycles. The van der Waals surface area contributed by atoms with E-state index in [1.54, 1.807) is 23.1 Å². The second-order valence-electron chi connectivity index (χ2n) is 7.09. The lowest BCUT2D eigenvalue weighted by Gasteiger charge is -2.22. The molecular formula is C21H19ClN2O3. The van der Waals surface area contributed by atoms with Gasteiger partial charge in [0.15, 0.2) is 0 Å². The first-order valence-corrected chi connectivity index (χ1v) is 9.33. The highest BCUT2D eigenvalue weighted by atomic mass is 35.5. The number of hydrogen-bond acceptors (Lipinski definition) is 3. The Labute approximate surface area is 162 Å². The minimum absolute atomic E-state index is 0.0102. The Balaban J connectivity index is 1.46. The van der Waals surface area contributed by atoms with Crippen LogP contribution in [-0.4, -0.2) is 46.7 Å². The van der Waals surface area contributed by atoms with Gasteiger partial charge in [0.2, 0.25) is 5.91 Å². The fourth-order valence-corrected chi connectivity index (χ4v) is 4.02. The van der Waals surface area contributed by atoms with Gasteiger partial charge in [0.1, 0.15) is 0 Å². The second-order valence-corrected chi connectivity index (χ2v) is 7.49. The predicted octanol–water partition coefficient (Wildman–Crippen LogP) is 3.09. The fraction of sp³-hybridized carbons (Fsp3) is 0.286. The molecule has 27 heavy (non-hydrogen) atoms. The Morgan fingerprint density at radius 1 is 1.11 bits per heavy atom. The number of imide groups is 1. The zero-order valence-corrected chi connectivity index (χ0v) is 15.7. The number of amides is 3. The zero-order chi connectivity index (χ0) is 19.1. The van der Waals surface area contributed by atoms with Gasteiger partial charge in [-0.05, 0) is 31.0 Å². The summed E-state index contributed by atoms with van der Waals surface area (Å²) in [7, 11) is 0. The van der Waals surface area contributed by atoms with Crippen LogP contribution in [0.5, 0.6) is 0 Å². The van der Waals surface area contributed by atoms with E-state index in [9.17, 15) is 14.4 Å².